The van der Waals surface area contributed by atoms with Gasteiger partial charge in [0.25, 0.3) is 0 Å². The maximum absolute atomic E-state index is 10.0. The van der Waals surface area contributed by atoms with E-state index in [4.69, 9.17) is 14.6 Å². The summed E-state index contributed by atoms with van der Waals surface area (Å²) in [7, 11) is 6.59. The SMILES string of the molecule is CNOC1C=C(N=C(CCCCC(O)OC(C)C)N(C)C2C=CC(P)=CC2)CC(CO)=CC1. The Bertz CT molecular complexity index is 761. The molecule has 4 atom stereocenters. The molecule has 7 nitrogen and oxygen atoms in total. The number of hydroxylamine groups is 1. The normalized spacial score (nSPS) is 22.5. The van der Waals surface area contributed by atoms with Gasteiger partial charge in [0.15, 0.2) is 6.29 Å². The average Bonchev–Trinajstić information content (AvgIpc) is 2.97. The van der Waals surface area contributed by atoms with Crippen LogP contribution in [-0.4, -0.2) is 66.2 Å². The van der Waals surface area contributed by atoms with E-state index in [0.717, 1.165) is 42.8 Å². The molecule has 0 saturated heterocycles. The van der Waals surface area contributed by atoms with Crippen LogP contribution in [0.5, 0.6) is 0 Å². The van der Waals surface area contributed by atoms with E-state index in [0.29, 0.717) is 19.3 Å². The highest BCUT2D eigenvalue weighted by atomic mass is 31.0. The number of likely N-dealkylation sites (N-methyl/N-ethyl adjacent to an activating group) is 1. The van der Waals surface area contributed by atoms with E-state index in [1.165, 1.54) is 5.31 Å². The molecule has 186 valence electrons. The summed E-state index contributed by atoms with van der Waals surface area (Å²) in [4.78, 5) is 12.9. The van der Waals surface area contributed by atoms with Crippen molar-refractivity contribution in [3.63, 3.8) is 0 Å². The number of ether oxygens (including phenoxy) is 1. The summed E-state index contributed by atoms with van der Waals surface area (Å²) in [5.74, 6) is 0.998. The second-order valence-electron chi connectivity index (χ2n) is 8.84. The molecule has 4 unspecified atom stereocenters. The lowest BCUT2D eigenvalue weighted by Crippen LogP contribution is -2.36. The first-order valence-electron chi connectivity index (χ1n) is 11.9. The molecule has 2 rings (SSSR count). The van der Waals surface area contributed by atoms with E-state index < -0.39 is 6.29 Å². The van der Waals surface area contributed by atoms with E-state index in [2.05, 4.69) is 44.9 Å². The molecule has 8 heteroatoms. The number of hydrogen-bond donors (Lipinski definition) is 3. The van der Waals surface area contributed by atoms with Crippen LogP contribution in [0.3, 0.4) is 0 Å². The van der Waals surface area contributed by atoms with Crippen molar-refractivity contribution in [2.75, 3.05) is 20.7 Å². The van der Waals surface area contributed by atoms with Crippen LogP contribution in [0, 0.1) is 0 Å². The second-order valence-corrected chi connectivity index (χ2v) is 9.51. The molecule has 3 N–H and O–H groups in total. The number of unbranched alkanes of at least 4 members (excludes halogenated alkanes) is 1. The molecule has 0 amide bonds. The molecule has 0 aromatic carbocycles. The van der Waals surface area contributed by atoms with Crippen LogP contribution in [0.25, 0.3) is 0 Å². The summed E-state index contributed by atoms with van der Waals surface area (Å²) in [6, 6.07) is 0.242. The van der Waals surface area contributed by atoms with Gasteiger partial charge in [-0.15, -0.1) is 9.24 Å². The molecular formula is C25H42N3O4P. The molecule has 0 bridgehead atoms. The highest BCUT2D eigenvalue weighted by Crippen LogP contribution is 2.24. The summed E-state index contributed by atoms with van der Waals surface area (Å²) in [5, 5.41) is 21.0. The Balaban J connectivity index is 2.16. The van der Waals surface area contributed by atoms with Crippen molar-refractivity contribution in [3.8, 4) is 0 Å². The lowest BCUT2D eigenvalue weighted by molar-refractivity contribution is -0.129. The molecule has 2 aliphatic rings. The minimum Gasteiger partial charge on any atom is -0.392 e. The monoisotopic (exact) mass is 479 g/mol. The molecule has 0 saturated carbocycles. The standard InChI is InChI=1S/C25H42N3O4P/c1-18(2)31-25(30)8-6-5-7-24(28(4)21-10-13-23(33)14-11-21)27-20-15-19(17-29)9-12-22(16-20)32-26-3/h9-10,13-14,16,18,21-22,25-26,29-30H,5-8,11-12,15,17,33H2,1-4H3. The smallest absolute Gasteiger partial charge is 0.154 e. The Morgan fingerprint density at radius 1 is 1.30 bits per heavy atom. The van der Waals surface area contributed by atoms with Gasteiger partial charge >= 0.3 is 0 Å². The summed E-state index contributed by atoms with van der Waals surface area (Å²) in [6.07, 6.45) is 15.2. The van der Waals surface area contributed by atoms with Gasteiger partial charge in [-0.05, 0) is 62.9 Å². The summed E-state index contributed by atoms with van der Waals surface area (Å²) < 4.78 is 5.44. The van der Waals surface area contributed by atoms with E-state index in [1.807, 2.05) is 26.0 Å². The third kappa shape index (κ3) is 10.2. The van der Waals surface area contributed by atoms with Crippen LogP contribution < -0.4 is 5.48 Å². The van der Waals surface area contributed by atoms with Crippen LogP contribution in [0.4, 0.5) is 0 Å². The molecule has 0 spiro atoms. The first-order valence-corrected chi connectivity index (χ1v) is 12.5. The highest BCUT2D eigenvalue weighted by Gasteiger charge is 2.19. The first-order chi connectivity index (χ1) is 15.8. The topological polar surface area (TPSA) is 86.5 Å². The lowest BCUT2D eigenvalue weighted by Gasteiger charge is -2.30. The van der Waals surface area contributed by atoms with Crippen molar-refractivity contribution in [2.24, 2.45) is 4.99 Å². The maximum Gasteiger partial charge on any atom is 0.154 e. The number of nitrogens with zero attached hydrogens (tertiary/aromatic N) is 2. The summed E-state index contributed by atoms with van der Waals surface area (Å²) >= 11 is 0. The number of hydrogen-bond acceptors (Lipinski definition) is 6. The van der Waals surface area contributed by atoms with Gasteiger partial charge in [0.2, 0.25) is 0 Å². The molecule has 33 heavy (non-hydrogen) atoms. The van der Waals surface area contributed by atoms with E-state index in [-0.39, 0.29) is 24.9 Å². The van der Waals surface area contributed by atoms with Crippen LogP contribution in [0.15, 0.2) is 52.0 Å². The van der Waals surface area contributed by atoms with Crippen LogP contribution >= 0.6 is 9.24 Å². The largest absolute Gasteiger partial charge is 0.392 e. The molecule has 0 fully saturated rings. The summed E-state index contributed by atoms with van der Waals surface area (Å²) in [6.45, 7) is 3.87. The van der Waals surface area contributed by atoms with Gasteiger partial charge in [-0.3, -0.25) is 4.84 Å². The molecule has 0 heterocycles. The Morgan fingerprint density at radius 3 is 2.73 bits per heavy atom. The molecular weight excluding hydrogens is 437 g/mol. The fourth-order valence-electron chi connectivity index (χ4n) is 3.93. The average molecular weight is 480 g/mol. The third-order valence-corrected chi connectivity index (χ3v) is 6.14. The van der Waals surface area contributed by atoms with Gasteiger partial charge in [-0.1, -0.05) is 24.3 Å². The quantitative estimate of drug-likeness (QED) is 0.0750. The van der Waals surface area contributed by atoms with E-state index in [1.54, 1.807) is 7.05 Å². The van der Waals surface area contributed by atoms with Crippen LogP contribution in [0.2, 0.25) is 0 Å². The predicted octanol–water partition coefficient (Wildman–Crippen LogP) is 3.82. The van der Waals surface area contributed by atoms with Gasteiger partial charge in [0.05, 0.1) is 18.8 Å². The molecule has 0 aliphatic heterocycles. The first kappa shape index (κ1) is 27.9. The number of aliphatic hydroxyl groups excluding tert-OH is 2. The number of amidine groups is 1. The van der Waals surface area contributed by atoms with Gasteiger partial charge in [-0.2, -0.15) is 0 Å². The van der Waals surface area contributed by atoms with Crippen molar-refractivity contribution in [1.29, 1.82) is 0 Å². The third-order valence-electron chi connectivity index (χ3n) is 5.71. The Morgan fingerprint density at radius 2 is 2.09 bits per heavy atom. The van der Waals surface area contributed by atoms with Crippen molar-refractivity contribution in [1.82, 2.24) is 10.4 Å². The number of allylic oxidation sites excluding steroid dienone is 3. The highest BCUT2D eigenvalue weighted by molar-refractivity contribution is 7.22. The van der Waals surface area contributed by atoms with Crippen LogP contribution in [-0.2, 0) is 9.57 Å². The Kier molecular flexibility index (Phi) is 12.5. The second kappa shape index (κ2) is 14.8. The lowest BCUT2D eigenvalue weighted by atomic mass is 10.1. The predicted molar refractivity (Wildman–Crippen MR) is 138 cm³/mol. The van der Waals surface area contributed by atoms with Gasteiger partial charge < -0.3 is 19.8 Å². The molecule has 0 aromatic rings. The fraction of sp³-hybridized carbons (Fsp3) is 0.640. The van der Waals surface area contributed by atoms with Crippen molar-refractivity contribution >= 4 is 15.1 Å². The zero-order chi connectivity index (χ0) is 24.2. The Labute approximate surface area is 201 Å². The molecule has 0 aromatic heterocycles. The van der Waals surface area contributed by atoms with Gasteiger partial charge in [0, 0.05) is 32.6 Å². The van der Waals surface area contributed by atoms with E-state index in [9.17, 15) is 10.2 Å². The van der Waals surface area contributed by atoms with Gasteiger partial charge in [-0.25, -0.2) is 10.5 Å². The molecule has 0 radical (unpaired) electrons. The zero-order valence-corrected chi connectivity index (χ0v) is 21.7. The van der Waals surface area contributed by atoms with Crippen LogP contribution in [0.1, 0.15) is 58.8 Å². The van der Waals surface area contributed by atoms with Crippen molar-refractivity contribution in [2.45, 2.75) is 83.3 Å². The van der Waals surface area contributed by atoms with Gasteiger partial charge in [0.1, 0.15) is 11.9 Å². The van der Waals surface area contributed by atoms with E-state index >= 15 is 0 Å². The number of aliphatic hydroxyl groups is 2. The minimum absolute atomic E-state index is 0.0137. The molecule has 2 aliphatic carbocycles. The number of aliphatic imine (C=N–C) groups is 1. The minimum atomic E-state index is -0.726. The zero-order valence-electron chi connectivity index (χ0n) is 20.5. The Hall–Kier alpha value is -1.34. The number of nitrogens with one attached hydrogen (secondary N) is 1. The maximum atomic E-state index is 10.0. The number of rotatable bonds is 12. The summed E-state index contributed by atoms with van der Waals surface area (Å²) in [5.41, 5.74) is 4.63. The fourth-order valence-corrected chi connectivity index (χ4v) is 4.17. The van der Waals surface area contributed by atoms with Crippen molar-refractivity contribution < 1.29 is 19.8 Å². The van der Waals surface area contributed by atoms with Crippen molar-refractivity contribution in [3.05, 3.63) is 47.0 Å².